The first-order chi connectivity index (χ1) is 15.4. The SMILES string of the molecule is C[C@H]1CN(S(=O)(=O)c2cccc3c2CC(C(=O)O)C3)[C@@H](C)CN1c1ccc(C(F)(F)F)cn1. The summed E-state index contributed by atoms with van der Waals surface area (Å²) in [5.41, 5.74) is 0.444. The molecule has 2 heterocycles. The number of nitrogens with zero attached hydrogens (tertiary/aromatic N) is 3. The Bertz CT molecular complexity index is 1170. The van der Waals surface area contributed by atoms with Crippen molar-refractivity contribution in [3.63, 3.8) is 0 Å². The zero-order valence-corrected chi connectivity index (χ0v) is 18.9. The number of carbonyl (C=O) groups is 1. The van der Waals surface area contributed by atoms with Gasteiger partial charge in [-0.15, -0.1) is 0 Å². The van der Waals surface area contributed by atoms with Gasteiger partial charge in [0.2, 0.25) is 10.0 Å². The number of sulfonamides is 1. The lowest BCUT2D eigenvalue weighted by Gasteiger charge is -2.44. The van der Waals surface area contributed by atoms with Crippen molar-refractivity contribution in [3.8, 4) is 0 Å². The summed E-state index contributed by atoms with van der Waals surface area (Å²) >= 11 is 0. The first-order valence-electron chi connectivity index (χ1n) is 10.5. The normalized spacial score (nSPS) is 24.0. The third-order valence-corrected chi connectivity index (χ3v) is 8.45. The molecule has 1 unspecified atom stereocenters. The number of alkyl halides is 3. The molecule has 2 aliphatic rings. The van der Waals surface area contributed by atoms with Crippen LogP contribution in [0, 0.1) is 5.92 Å². The molecule has 1 aromatic heterocycles. The largest absolute Gasteiger partial charge is 0.481 e. The first kappa shape index (κ1) is 23.5. The van der Waals surface area contributed by atoms with Gasteiger partial charge in [-0.05, 0) is 56.0 Å². The van der Waals surface area contributed by atoms with E-state index in [1.807, 2.05) is 0 Å². The summed E-state index contributed by atoms with van der Waals surface area (Å²) in [5.74, 6) is -1.24. The Kier molecular flexibility index (Phi) is 5.90. The molecule has 11 heteroatoms. The molecule has 2 aromatic rings. The van der Waals surface area contributed by atoms with Gasteiger partial charge in [-0.25, -0.2) is 13.4 Å². The molecule has 0 radical (unpaired) electrons. The number of halogens is 3. The van der Waals surface area contributed by atoms with Crippen LogP contribution in [0.5, 0.6) is 0 Å². The maximum atomic E-state index is 13.6. The predicted molar refractivity (Wildman–Crippen MR) is 114 cm³/mol. The molecule has 4 rings (SSSR count). The highest BCUT2D eigenvalue weighted by atomic mass is 32.2. The smallest absolute Gasteiger partial charge is 0.417 e. The highest BCUT2D eigenvalue weighted by Gasteiger charge is 2.40. The van der Waals surface area contributed by atoms with Crippen LogP contribution in [0.3, 0.4) is 0 Å². The van der Waals surface area contributed by atoms with Gasteiger partial charge in [0.05, 0.1) is 16.4 Å². The zero-order valence-electron chi connectivity index (χ0n) is 18.1. The van der Waals surface area contributed by atoms with E-state index in [4.69, 9.17) is 0 Å². The van der Waals surface area contributed by atoms with Crippen LogP contribution in [-0.4, -0.2) is 54.0 Å². The van der Waals surface area contributed by atoms with Gasteiger partial charge in [0.25, 0.3) is 0 Å². The molecule has 1 aliphatic carbocycles. The van der Waals surface area contributed by atoms with Gasteiger partial charge in [-0.3, -0.25) is 4.79 Å². The molecule has 1 aromatic carbocycles. The highest BCUT2D eigenvalue weighted by molar-refractivity contribution is 7.89. The summed E-state index contributed by atoms with van der Waals surface area (Å²) in [7, 11) is -3.91. The number of hydrogen-bond acceptors (Lipinski definition) is 5. The van der Waals surface area contributed by atoms with E-state index in [9.17, 15) is 31.5 Å². The van der Waals surface area contributed by atoms with E-state index in [1.54, 1.807) is 30.9 Å². The number of hydrogen-bond donors (Lipinski definition) is 1. The van der Waals surface area contributed by atoms with Crippen molar-refractivity contribution in [1.29, 1.82) is 0 Å². The number of aromatic nitrogens is 1. The molecule has 178 valence electrons. The molecule has 0 saturated carbocycles. The van der Waals surface area contributed by atoms with Crippen molar-refractivity contribution in [1.82, 2.24) is 9.29 Å². The fraction of sp³-hybridized carbons (Fsp3) is 0.455. The Balaban J connectivity index is 1.58. The molecule has 0 spiro atoms. The Morgan fingerprint density at radius 3 is 2.42 bits per heavy atom. The Morgan fingerprint density at radius 2 is 1.82 bits per heavy atom. The standard InChI is InChI=1S/C22H24F3N3O4S/c1-13-12-28(14(2)11-27(13)20-7-6-17(10-26-20)22(23,24)25)33(31,32)19-5-3-4-15-8-16(21(29)30)9-18(15)19/h3-7,10,13-14,16H,8-9,11-12H2,1-2H3,(H,29,30)/t13-,14-,16?/m0/s1. The molecular weight excluding hydrogens is 459 g/mol. The zero-order chi connectivity index (χ0) is 24.1. The van der Waals surface area contributed by atoms with Gasteiger partial charge in [0.1, 0.15) is 5.82 Å². The fourth-order valence-corrected chi connectivity index (χ4v) is 6.61. The summed E-state index contributed by atoms with van der Waals surface area (Å²) in [6.45, 7) is 3.91. The summed E-state index contributed by atoms with van der Waals surface area (Å²) in [4.78, 5) is 17.3. The summed E-state index contributed by atoms with van der Waals surface area (Å²) in [6.07, 6.45) is -3.23. The number of aliphatic carboxylic acids is 1. The van der Waals surface area contributed by atoms with E-state index in [-0.39, 0.29) is 30.4 Å². The van der Waals surface area contributed by atoms with E-state index in [1.165, 1.54) is 16.4 Å². The van der Waals surface area contributed by atoms with Gasteiger partial charge >= 0.3 is 12.1 Å². The number of anilines is 1. The van der Waals surface area contributed by atoms with Crippen molar-refractivity contribution in [2.45, 2.75) is 49.8 Å². The quantitative estimate of drug-likeness (QED) is 0.719. The third kappa shape index (κ3) is 4.31. The molecule has 33 heavy (non-hydrogen) atoms. The minimum absolute atomic E-state index is 0.123. The molecule has 1 saturated heterocycles. The van der Waals surface area contributed by atoms with Crippen LogP contribution in [0.15, 0.2) is 41.4 Å². The van der Waals surface area contributed by atoms with Gasteiger partial charge in [-0.2, -0.15) is 17.5 Å². The number of carboxylic acids is 1. The minimum Gasteiger partial charge on any atom is -0.481 e. The second-order valence-corrected chi connectivity index (χ2v) is 10.5. The van der Waals surface area contributed by atoms with Crippen LogP contribution in [0.4, 0.5) is 19.0 Å². The number of rotatable bonds is 4. The Hall–Kier alpha value is -2.66. The molecule has 0 bridgehead atoms. The molecular formula is C22H24F3N3O4S. The van der Waals surface area contributed by atoms with Crippen molar-refractivity contribution < 1.29 is 31.5 Å². The van der Waals surface area contributed by atoms with Crippen molar-refractivity contribution >= 4 is 21.8 Å². The lowest BCUT2D eigenvalue weighted by Crippen LogP contribution is -2.58. The fourth-order valence-electron chi connectivity index (χ4n) is 4.63. The monoisotopic (exact) mass is 483 g/mol. The number of carboxylic acid groups (broad SMARTS) is 1. The van der Waals surface area contributed by atoms with E-state index < -0.39 is 39.7 Å². The van der Waals surface area contributed by atoms with Crippen LogP contribution >= 0.6 is 0 Å². The van der Waals surface area contributed by atoms with Crippen molar-refractivity contribution in [2.75, 3.05) is 18.0 Å². The molecule has 1 N–H and O–H groups in total. The van der Waals surface area contributed by atoms with Crippen LogP contribution in [0.1, 0.15) is 30.5 Å². The number of fused-ring (bicyclic) bond motifs is 1. The highest BCUT2D eigenvalue weighted by Crippen LogP contribution is 2.35. The summed E-state index contributed by atoms with van der Waals surface area (Å²) < 4.78 is 67.1. The maximum absolute atomic E-state index is 13.6. The topological polar surface area (TPSA) is 90.8 Å². The van der Waals surface area contributed by atoms with Crippen LogP contribution in [-0.2, 0) is 33.8 Å². The van der Waals surface area contributed by atoms with Crippen LogP contribution in [0.2, 0.25) is 0 Å². The minimum atomic E-state index is -4.48. The molecule has 1 aliphatic heterocycles. The molecule has 7 nitrogen and oxygen atoms in total. The van der Waals surface area contributed by atoms with Gasteiger partial charge in [-0.1, -0.05) is 12.1 Å². The second kappa shape index (κ2) is 8.28. The summed E-state index contributed by atoms with van der Waals surface area (Å²) in [6, 6.07) is 6.37. The average molecular weight is 484 g/mol. The van der Waals surface area contributed by atoms with E-state index in [0.717, 1.165) is 17.8 Å². The second-order valence-electron chi connectivity index (χ2n) is 8.67. The lowest BCUT2D eigenvalue weighted by atomic mass is 10.1. The third-order valence-electron chi connectivity index (χ3n) is 6.38. The average Bonchev–Trinajstić information content (AvgIpc) is 3.19. The number of benzene rings is 1. The van der Waals surface area contributed by atoms with E-state index in [0.29, 0.717) is 17.8 Å². The number of piperazine rings is 1. The van der Waals surface area contributed by atoms with Crippen LogP contribution in [0.25, 0.3) is 0 Å². The van der Waals surface area contributed by atoms with E-state index >= 15 is 0 Å². The predicted octanol–water partition coefficient (Wildman–Crippen LogP) is 3.19. The van der Waals surface area contributed by atoms with Gasteiger partial charge in [0, 0.05) is 31.4 Å². The van der Waals surface area contributed by atoms with Crippen LogP contribution < -0.4 is 4.90 Å². The molecule has 1 fully saturated rings. The lowest BCUT2D eigenvalue weighted by molar-refractivity contribution is -0.141. The molecule has 3 atom stereocenters. The van der Waals surface area contributed by atoms with Crippen molar-refractivity contribution in [2.24, 2.45) is 5.92 Å². The first-order valence-corrected chi connectivity index (χ1v) is 12.0. The Labute approximate surface area is 189 Å². The van der Waals surface area contributed by atoms with Gasteiger partial charge in [0.15, 0.2) is 0 Å². The molecule has 0 amide bonds. The Morgan fingerprint density at radius 1 is 1.09 bits per heavy atom. The maximum Gasteiger partial charge on any atom is 0.417 e. The van der Waals surface area contributed by atoms with Crippen molar-refractivity contribution in [3.05, 3.63) is 53.2 Å². The van der Waals surface area contributed by atoms with Gasteiger partial charge < -0.3 is 10.0 Å². The number of pyridine rings is 1. The van der Waals surface area contributed by atoms with E-state index in [2.05, 4.69) is 4.98 Å². The summed E-state index contributed by atoms with van der Waals surface area (Å²) in [5, 5.41) is 9.37.